The lowest BCUT2D eigenvalue weighted by molar-refractivity contribution is -0.140. The Labute approximate surface area is 170 Å². The summed E-state index contributed by atoms with van der Waals surface area (Å²) < 4.78 is 6.40. The monoisotopic (exact) mass is 406 g/mol. The summed E-state index contributed by atoms with van der Waals surface area (Å²) in [7, 11) is 1.43. The minimum atomic E-state index is -1.49. The van der Waals surface area contributed by atoms with E-state index in [4.69, 9.17) is 4.74 Å². The number of hydrazine groups is 1. The summed E-state index contributed by atoms with van der Waals surface area (Å²) in [6, 6.07) is 13.4. The summed E-state index contributed by atoms with van der Waals surface area (Å²) in [5, 5.41) is 4.69. The van der Waals surface area contributed by atoms with Crippen molar-refractivity contribution in [1.29, 1.82) is 0 Å². The van der Waals surface area contributed by atoms with Gasteiger partial charge in [-0.2, -0.15) is 5.10 Å². The van der Waals surface area contributed by atoms with Crippen LogP contribution in [-0.4, -0.2) is 33.2 Å². The van der Waals surface area contributed by atoms with Crippen LogP contribution in [0.1, 0.15) is 33.3 Å². The minimum absolute atomic E-state index is 0.0239. The molecule has 0 fully saturated rings. The van der Waals surface area contributed by atoms with Crippen LogP contribution in [0.15, 0.2) is 53.3 Å². The first-order valence-electron chi connectivity index (χ1n) is 9.18. The van der Waals surface area contributed by atoms with Gasteiger partial charge in [-0.1, -0.05) is 36.4 Å². The van der Waals surface area contributed by atoms with Crippen LogP contribution in [0.3, 0.4) is 0 Å². The number of cyclic esters (lactones) is 1. The number of rotatable bonds is 2. The molecule has 0 spiro atoms. The zero-order valence-corrected chi connectivity index (χ0v) is 16.3. The first-order valence-corrected chi connectivity index (χ1v) is 9.18. The molecule has 2 amide bonds. The standard InChI is InChI=1S/C21H18N4O5/c1-21(11-12-7-3-4-8-13(12)19(28)30-21)20(29)23-22-17(26)16-14-9-5-6-10-15(14)18(27)25(2)24-16/h3-10H,11H2,1-2H3,(H,22,26)(H,23,29). The van der Waals surface area contributed by atoms with Crippen molar-refractivity contribution in [1.82, 2.24) is 20.6 Å². The highest BCUT2D eigenvalue weighted by Crippen LogP contribution is 2.28. The van der Waals surface area contributed by atoms with Gasteiger partial charge in [-0.05, 0) is 24.6 Å². The van der Waals surface area contributed by atoms with Gasteiger partial charge >= 0.3 is 5.97 Å². The van der Waals surface area contributed by atoms with Crippen LogP contribution in [-0.2, 0) is 23.0 Å². The zero-order chi connectivity index (χ0) is 21.5. The smallest absolute Gasteiger partial charge is 0.339 e. The van der Waals surface area contributed by atoms with E-state index in [0.29, 0.717) is 21.9 Å². The maximum Gasteiger partial charge on any atom is 0.339 e. The van der Waals surface area contributed by atoms with Crippen molar-refractivity contribution >= 4 is 28.6 Å². The fraction of sp³-hybridized carbons (Fsp3) is 0.190. The Morgan fingerprint density at radius 2 is 1.70 bits per heavy atom. The van der Waals surface area contributed by atoms with Gasteiger partial charge in [0.1, 0.15) is 0 Å². The molecule has 0 saturated carbocycles. The van der Waals surface area contributed by atoms with Crippen LogP contribution in [0.25, 0.3) is 10.8 Å². The number of aryl methyl sites for hydroxylation is 1. The van der Waals surface area contributed by atoms with E-state index in [1.165, 1.54) is 14.0 Å². The van der Waals surface area contributed by atoms with Crippen molar-refractivity contribution in [3.8, 4) is 0 Å². The van der Waals surface area contributed by atoms with Crippen LogP contribution in [0.5, 0.6) is 0 Å². The molecular weight excluding hydrogens is 388 g/mol. The first-order chi connectivity index (χ1) is 14.3. The minimum Gasteiger partial charge on any atom is -0.445 e. The van der Waals surface area contributed by atoms with E-state index in [1.54, 1.807) is 48.5 Å². The van der Waals surface area contributed by atoms with Crippen molar-refractivity contribution in [2.45, 2.75) is 18.9 Å². The third-order valence-corrected chi connectivity index (χ3v) is 5.02. The molecule has 152 valence electrons. The molecule has 0 saturated heterocycles. The van der Waals surface area contributed by atoms with Crippen molar-refractivity contribution < 1.29 is 19.1 Å². The molecule has 3 aromatic rings. The van der Waals surface area contributed by atoms with Crippen molar-refractivity contribution in [3.05, 3.63) is 75.7 Å². The van der Waals surface area contributed by atoms with Gasteiger partial charge in [-0.25, -0.2) is 9.48 Å². The Balaban J connectivity index is 1.55. The van der Waals surface area contributed by atoms with E-state index in [9.17, 15) is 19.2 Å². The summed E-state index contributed by atoms with van der Waals surface area (Å²) in [4.78, 5) is 49.8. The number of hydrogen-bond donors (Lipinski definition) is 2. The first kappa shape index (κ1) is 19.3. The Hall–Kier alpha value is -4.01. The zero-order valence-electron chi connectivity index (χ0n) is 16.3. The fourth-order valence-electron chi connectivity index (χ4n) is 3.43. The van der Waals surface area contributed by atoms with Gasteiger partial charge in [0.25, 0.3) is 17.4 Å². The topological polar surface area (TPSA) is 119 Å². The van der Waals surface area contributed by atoms with Gasteiger partial charge in [0.2, 0.25) is 0 Å². The van der Waals surface area contributed by atoms with Gasteiger partial charge < -0.3 is 4.74 Å². The average Bonchev–Trinajstić information content (AvgIpc) is 2.74. The molecular formula is C21H18N4O5. The SMILES string of the molecule is Cn1nc(C(=O)NNC(=O)C2(C)Cc3ccccc3C(=O)O2)c2ccccc2c1=O. The predicted molar refractivity (Wildman–Crippen MR) is 107 cm³/mol. The van der Waals surface area contributed by atoms with E-state index >= 15 is 0 Å². The number of ether oxygens (including phenoxy) is 1. The number of carbonyl (C=O) groups excluding carboxylic acids is 3. The third kappa shape index (κ3) is 3.20. The summed E-state index contributed by atoms with van der Waals surface area (Å²) >= 11 is 0. The quantitative estimate of drug-likeness (QED) is 0.481. The van der Waals surface area contributed by atoms with E-state index in [0.717, 1.165) is 4.68 Å². The van der Waals surface area contributed by atoms with Crippen molar-refractivity contribution in [2.24, 2.45) is 7.05 Å². The van der Waals surface area contributed by atoms with Gasteiger partial charge in [0.05, 0.1) is 10.9 Å². The Kier molecular flexibility index (Phi) is 4.57. The second kappa shape index (κ2) is 7.11. The van der Waals surface area contributed by atoms with Gasteiger partial charge in [-0.3, -0.25) is 25.2 Å². The molecule has 9 nitrogen and oxygen atoms in total. The second-order valence-corrected chi connectivity index (χ2v) is 7.19. The molecule has 0 bridgehead atoms. The van der Waals surface area contributed by atoms with E-state index in [-0.39, 0.29) is 17.7 Å². The molecule has 0 radical (unpaired) electrons. The molecule has 0 aliphatic carbocycles. The lowest BCUT2D eigenvalue weighted by Gasteiger charge is -2.32. The highest BCUT2D eigenvalue weighted by molar-refractivity contribution is 6.05. The maximum atomic E-state index is 12.7. The number of amides is 2. The molecule has 2 heterocycles. The number of benzene rings is 2. The normalized spacial score (nSPS) is 17.7. The lowest BCUT2D eigenvalue weighted by atomic mass is 9.89. The Morgan fingerprint density at radius 1 is 1.03 bits per heavy atom. The molecule has 9 heteroatoms. The highest BCUT2D eigenvalue weighted by atomic mass is 16.6. The lowest BCUT2D eigenvalue weighted by Crippen LogP contribution is -2.56. The number of hydrogen-bond acceptors (Lipinski definition) is 6. The molecule has 2 aromatic carbocycles. The van der Waals surface area contributed by atoms with Crippen LogP contribution < -0.4 is 16.4 Å². The second-order valence-electron chi connectivity index (χ2n) is 7.19. The maximum absolute atomic E-state index is 12.7. The number of fused-ring (bicyclic) bond motifs is 2. The van der Waals surface area contributed by atoms with Crippen LogP contribution in [0, 0.1) is 0 Å². The molecule has 2 N–H and O–H groups in total. The largest absolute Gasteiger partial charge is 0.445 e. The average molecular weight is 406 g/mol. The molecule has 1 aromatic heterocycles. The summed E-state index contributed by atoms with van der Waals surface area (Å²) in [6.45, 7) is 1.47. The molecule has 30 heavy (non-hydrogen) atoms. The summed E-state index contributed by atoms with van der Waals surface area (Å²) in [6.07, 6.45) is 0.164. The number of aromatic nitrogens is 2. The van der Waals surface area contributed by atoms with E-state index in [2.05, 4.69) is 16.0 Å². The molecule has 1 atom stereocenters. The summed E-state index contributed by atoms with van der Waals surface area (Å²) in [5.74, 6) is -2.00. The van der Waals surface area contributed by atoms with Crippen LogP contribution in [0.4, 0.5) is 0 Å². The van der Waals surface area contributed by atoms with Gasteiger partial charge in [0, 0.05) is 18.9 Å². The Morgan fingerprint density at radius 3 is 2.47 bits per heavy atom. The number of nitrogens with zero attached hydrogens (tertiary/aromatic N) is 2. The Bertz CT molecular complexity index is 1270. The van der Waals surface area contributed by atoms with Gasteiger partial charge in [-0.15, -0.1) is 0 Å². The van der Waals surface area contributed by atoms with Crippen molar-refractivity contribution in [3.63, 3.8) is 0 Å². The third-order valence-electron chi connectivity index (χ3n) is 5.02. The molecule has 4 rings (SSSR count). The van der Waals surface area contributed by atoms with Crippen molar-refractivity contribution in [2.75, 3.05) is 0 Å². The van der Waals surface area contributed by atoms with Crippen LogP contribution in [0.2, 0.25) is 0 Å². The van der Waals surface area contributed by atoms with E-state index in [1.807, 2.05) is 0 Å². The van der Waals surface area contributed by atoms with E-state index < -0.39 is 23.4 Å². The molecule has 1 aliphatic rings. The number of nitrogens with one attached hydrogen (secondary N) is 2. The molecule has 1 aliphatic heterocycles. The fourth-order valence-corrected chi connectivity index (χ4v) is 3.43. The predicted octanol–water partition coefficient (Wildman–Crippen LogP) is 0.866. The van der Waals surface area contributed by atoms with Gasteiger partial charge in [0.15, 0.2) is 11.3 Å². The summed E-state index contributed by atoms with van der Waals surface area (Å²) in [5.41, 5.74) is 3.83. The number of esters is 1. The molecule has 1 unspecified atom stereocenters. The number of carbonyl (C=O) groups is 3. The highest BCUT2D eigenvalue weighted by Gasteiger charge is 2.42. The van der Waals surface area contributed by atoms with Crippen LogP contribution >= 0.6 is 0 Å².